The second kappa shape index (κ2) is 3.34. The van der Waals surface area contributed by atoms with Crippen LogP contribution in [0.1, 0.15) is 53.8 Å². The van der Waals surface area contributed by atoms with Crippen LogP contribution >= 0.6 is 0 Å². The Morgan fingerprint density at radius 3 is 3.12 bits per heavy atom. The normalized spacial score (nSPS) is 29.9. The lowest BCUT2D eigenvalue weighted by Gasteiger charge is -2.02. The molecule has 3 atom stereocenters. The summed E-state index contributed by atoms with van der Waals surface area (Å²) in [5.41, 5.74) is 8.05. The first kappa shape index (κ1) is 9.87. The van der Waals surface area contributed by atoms with Gasteiger partial charge < -0.3 is 5.73 Å². The number of rotatable bonds is 4. The summed E-state index contributed by atoms with van der Waals surface area (Å²) in [4.78, 5) is 11.1. The quantitative estimate of drug-likeness (QED) is 0.807. The predicted octanol–water partition coefficient (Wildman–Crippen LogP) is 1.58. The minimum absolute atomic E-state index is 0.375. The first-order valence-electron chi connectivity index (χ1n) is 6.11. The molecule has 4 nitrogen and oxygen atoms in total. The zero-order valence-corrected chi connectivity index (χ0v) is 9.49. The second-order valence-corrected chi connectivity index (χ2v) is 5.03. The molecule has 0 saturated heterocycles. The van der Waals surface area contributed by atoms with Crippen LogP contribution in [0.25, 0.3) is 0 Å². The Kier molecular flexibility index (Phi) is 2.06. The molecule has 1 saturated carbocycles. The van der Waals surface area contributed by atoms with E-state index < -0.39 is 0 Å². The third-order valence-corrected chi connectivity index (χ3v) is 4.12. The van der Waals surface area contributed by atoms with Gasteiger partial charge in [-0.05, 0) is 24.7 Å². The number of carbonyl (C=O) groups excluding carboxylic acids is 1. The maximum atomic E-state index is 11.1. The van der Waals surface area contributed by atoms with E-state index in [1.54, 1.807) is 0 Å². The molecule has 1 aromatic rings. The summed E-state index contributed by atoms with van der Waals surface area (Å²) in [5.74, 6) is 1.80. The number of nitrogens with one attached hydrogen (secondary N) is 1. The van der Waals surface area contributed by atoms with Crippen LogP contribution in [0.3, 0.4) is 0 Å². The van der Waals surface area contributed by atoms with E-state index in [2.05, 4.69) is 17.1 Å². The maximum Gasteiger partial charge on any atom is 0.267 e. The fourth-order valence-electron chi connectivity index (χ4n) is 3.26. The average Bonchev–Trinajstić information content (AvgIpc) is 2.60. The third kappa shape index (κ3) is 1.22. The summed E-state index contributed by atoms with van der Waals surface area (Å²) in [6.45, 7) is 2.23. The van der Waals surface area contributed by atoms with Crippen molar-refractivity contribution in [3.8, 4) is 0 Å². The predicted molar refractivity (Wildman–Crippen MR) is 60.1 cm³/mol. The third-order valence-electron chi connectivity index (χ3n) is 4.12. The van der Waals surface area contributed by atoms with Gasteiger partial charge in [0.1, 0.15) is 5.69 Å². The van der Waals surface area contributed by atoms with E-state index in [0.717, 1.165) is 29.5 Å². The highest BCUT2D eigenvalue weighted by Crippen LogP contribution is 2.63. The zero-order valence-electron chi connectivity index (χ0n) is 9.49. The number of carbonyl (C=O) groups is 1. The fraction of sp³-hybridized carbons (Fsp3) is 0.667. The first-order chi connectivity index (χ1) is 7.74. The van der Waals surface area contributed by atoms with Gasteiger partial charge in [-0.3, -0.25) is 9.89 Å². The van der Waals surface area contributed by atoms with Crippen molar-refractivity contribution in [2.45, 2.75) is 38.5 Å². The summed E-state index contributed by atoms with van der Waals surface area (Å²) in [7, 11) is 0. The molecular formula is C12H17N3O. The van der Waals surface area contributed by atoms with Crippen molar-refractivity contribution >= 4 is 5.91 Å². The van der Waals surface area contributed by atoms with Gasteiger partial charge in [-0.15, -0.1) is 0 Å². The number of H-pyrrole nitrogens is 1. The van der Waals surface area contributed by atoms with E-state index in [4.69, 9.17) is 5.73 Å². The molecule has 4 heteroatoms. The largest absolute Gasteiger partial charge is 0.364 e. The number of nitrogens with zero attached hydrogens (tertiary/aromatic N) is 1. The number of aromatic amines is 1. The molecule has 0 aromatic carbocycles. The Balaban J connectivity index is 1.78. The van der Waals surface area contributed by atoms with Gasteiger partial charge in [-0.25, -0.2) is 0 Å². The Morgan fingerprint density at radius 1 is 1.62 bits per heavy atom. The monoisotopic (exact) mass is 219 g/mol. The van der Waals surface area contributed by atoms with E-state index >= 15 is 0 Å². The van der Waals surface area contributed by atoms with Crippen LogP contribution < -0.4 is 5.73 Å². The van der Waals surface area contributed by atoms with E-state index in [-0.39, 0.29) is 5.91 Å². The molecule has 0 radical (unpaired) electrons. The van der Waals surface area contributed by atoms with Crippen LogP contribution in [0, 0.1) is 11.8 Å². The van der Waals surface area contributed by atoms with Gasteiger partial charge in [0.05, 0.1) is 5.69 Å². The van der Waals surface area contributed by atoms with Gasteiger partial charge >= 0.3 is 0 Å². The van der Waals surface area contributed by atoms with E-state index in [1.165, 1.54) is 19.3 Å². The lowest BCUT2D eigenvalue weighted by molar-refractivity contribution is 0.0994. The molecule has 2 aliphatic rings. The first-order valence-corrected chi connectivity index (χ1v) is 6.11. The van der Waals surface area contributed by atoms with Crippen LogP contribution in [0.2, 0.25) is 0 Å². The van der Waals surface area contributed by atoms with Crippen LogP contribution in [0.15, 0.2) is 0 Å². The average molecular weight is 219 g/mol. The SMILES string of the molecule is CCCCC1C2Cc3c(n[nH]c3C(N)=O)C12. The molecule has 1 fully saturated rings. The van der Waals surface area contributed by atoms with Crippen LogP contribution in [0.5, 0.6) is 0 Å². The molecular weight excluding hydrogens is 202 g/mol. The highest BCUT2D eigenvalue weighted by molar-refractivity contribution is 5.92. The molecule has 1 aromatic heterocycles. The highest BCUT2D eigenvalue weighted by Gasteiger charge is 2.57. The second-order valence-electron chi connectivity index (χ2n) is 5.03. The van der Waals surface area contributed by atoms with E-state index in [1.807, 2.05) is 0 Å². The number of unbranched alkanes of at least 4 members (excludes halogenated alkanes) is 1. The summed E-state index contributed by atoms with van der Waals surface area (Å²) in [5, 5.41) is 7.06. The molecule has 0 aliphatic heterocycles. The highest BCUT2D eigenvalue weighted by atomic mass is 16.1. The minimum Gasteiger partial charge on any atom is -0.364 e. The lowest BCUT2D eigenvalue weighted by atomic mass is 10.0. The molecule has 86 valence electrons. The standard InChI is InChI=1S/C12H17N3O/c1-2-3-4-6-7-5-8-10(9(6)7)14-15-11(8)12(13)16/h6-7,9H,2-5H2,1H3,(H2,13,16)(H,14,15). The number of amides is 1. The van der Waals surface area contributed by atoms with Crippen LogP contribution in [-0.4, -0.2) is 16.1 Å². The number of fused-ring (bicyclic) bond motifs is 3. The molecule has 2 aliphatic carbocycles. The fourth-order valence-corrected chi connectivity index (χ4v) is 3.26. The van der Waals surface area contributed by atoms with Gasteiger partial charge in [0.15, 0.2) is 0 Å². The number of hydrogen-bond donors (Lipinski definition) is 2. The van der Waals surface area contributed by atoms with Gasteiger partial charge in [0.25, 0.3) is 5.91 Å². The molecule has 0 bridgehead atoms. The van der Waals surface area contributed by atoms with Crippen molar-refractivity contribution in [1.29, 1.82) is 0 Å². The topological polar surface area (TPSA) is 71.8 Å². The van der Waals surface area contributed by atoms with Crippen molar-refractivity contribution in [1.82, 2.24) is 10.2 Å². The zero-order chi connectivity index (χ0) is 11.3. The van der Waals surface area contributed by atoms with Gasteiger partial charge in [0, 0.05) is 11.5 Å². The number of hydrogen-bond acceptors (Lipinski definition) is 2. The van der Waals surface area contributed by atoms with Crippen LogP contribution in [0.4, 0.5) is 0 Å². The molecule has 3 rings (SSSR count). The van der Waals surface area contributed by atoms with E-state index in [0.29, 0.717) is 11.6 Å². The Bertz CT molecular complexity index is 437. The molecule has 0 spiro atoms. The van der Waals surface area contributed by atoms with Gasteiger partial charge in [-0.2, -0.15) is 5.10 Å². The lowest BCUT2D eigenvalue weighted by Crippen LogP contribution is -2.14. The minimum atomic E-state index is -0.375. The van der Waals surface area contributed by atoms with Crippen molar-refractivity contribution < 1.29 is 4.79 Å². The Labute approximate surface area is 94.6 Å². The number of nitrogens with two attached hydrogens (primary N) is 1. The van der Waals surface area contributed by atoms with E-state index in [9.17, 15) is 4.79 Å². The Hall–Kier alpha value is -1.32. The van der Waals surface area contributed by atoms with Crippen molar-refractivity contribution in [3.05, 3.63) is 17.0 Å². The summed E-state index contributed by atoms with van der Waals surface area (Å²) < 4.78 is 0. The molecule has 16 heavy (non-hydrogen) atoms. The molecule has 1 amide bonds. The summed E-state index contributed by atoms with van der Waals surface area (Å²) >= 11 is 0. The summed E-state index contributed by atoms with van der Waals surface area (Å²) in [6.07, 6.45) is 4.88. The van der Waals surface area contributed by atoms with Crippen molar-refractivity contribution in [3.63, 3.8) is 0 Å². The molecule has 3 unspecified atom stereocenters. The smallest absolute Gasteiger partial charge is 0.267 e. The molecule has 1 heterocycles. The molecule has 3 N–H and O–H groups in total. The number of aromatic nitrogens is 2. The van der Waals surface area contributed by atoms with Gasteiger partial charge in [-0.1, -0.05) is 19.8 Å². The number of primary amides is 1. The van der Waals surface area contributed by atoms with Crippen molar-refractivity contribution in [2.75, 3.05) is 0 Å². The maximum absolute atomic E-state index is 11.1. The van der Waals surface area contributed by atoms with Crippen LogP contribution in [-0.2, 0) is 6.42 Å². The van der Waals surface area contributed by atoms with Gasteiger partial charge in [0.2, 0.25) is 0 Å². The van der Waals surface area contributed by atoms with Crippen molar-refractivity contribution in [2.24, 2.45) is 17.6 Å². The Morgan fingerprint density at radius 2 is 2.44 bits per heavy atom. The summed E-state index contributed by atoms with van der Waals surface area (Å²) in [6, 6.07) is 0.